The second-order valence-electron chi connectivity index (χ2n) is 3.95. The predicted molar refractivity (Wildman–Crippen MR) is 68.4 cm³/mol. The van der Waals surface area contributed by atoms with Gasteiger partial charge in [0.2, 0.25) is 0 Å². The van der Waals surface area contributed by atoms with Crippen LogP contribution in [0.2, 0.25) is 0 Å². The zero-order valence-corrected chi connectivity index (χ0v) is 10.6. The molecule has 0 radical (unpaired) electrons. The normalized spacial score (nSPS) is 14.7. The van der Waals surface area contributed by atoms with Crippen LogP contribution in [0, 0.1) is 0 Å². The molecular formula is C13H15N3O3. The molecule has 0 unspecified atom stereocenters. The second-order valence-corrected chi connectivity index (χ2v) is 3.95. The Labute approximate surface area is 111 Å². The lowest BCUT2D eigenvalue weighted by molar-refractivity contribution is -0.132. The Hall–Kier alpha value is -2.34. The van der Waals surface area contributed by atoms with E-state index in [0.717, 1.165) is 5.56 Å². The summed E-state index contributed by atoms with van der Waals surface area (Å²) in [6.07, 6.45) is 2.45. The maximum absolute atomic E-state index is 11.8. The number of amides is 2. The van der Waals surface area contributed by atoms with Gasteiger partial charge < -0.3 is 4.74 Å². The maximum Gasteiger partial charge on any atom is 0.414 e. The second kappa shape index (κ2) is 6.01. The molecule has 0 spiro atoms. The number of rotatable bonds is 3. The number of nitrogens with zero attached hydrogens (tertiary/aromatic N) is 2. The van der Waals surface area contributed by atoms with Gasteiger partial charge in [0.15, 0.2) is 0 Å². The summed E-state index contributed by atoms with van der Waals surface area (Å²) in [5.74, 6) is -0.221. The number of hydrazine groups is 1. The van der Waals surface area contributed by atoms with Crippen molar-refractivity contribution in [1.29, 1.82) is 0 Å². The van der Waals surface area contributed by atoms with Crippen LogP contribution in [0.15, 0.2) is 42.7 Å². The van der Waals surface area contributed by atoms with Crippen molar-refractivity contribution < 1.29 is 14.3 Å². The highest BCUT2D eigenvalue weighted by molar-refractivity contribution is 5.84. The Morgan fingerprint density at radius 1 is 1.32 bits per heavy atom. The van der Waals surface area contributed by atoms with Gasteiger partial charge in [-0.3, -0.25) is 14.7 Å². The van der Waals surface area contributed by atoms with Crippen molar-refractivity contribution in [2.24, 2.45) is 0 Å². The highest BCUT2D eigenvalue weighted by Crippen LogP contribution is 2.07. The quantitative estimate of drug-likeness (QED) is 0.884. The van der Waals surface area contributed by atoms with Gasteiger partial charge >= 0.3 is 6.09 Å². The third-order valence-electron chi connectivity index (χ3n) is 2.65. The SMILES string of the molecule is CNN1C=CN(C(=O)OCc2ccccc2)CC1=O. The average Bonchev–Trinajstić information content (AvgIpc) is 2.45. The molecule has 0 aliphatic carbocycles. The van der Waals surface area contributed by atoms with Gasteiger partial charge in [0, 0.05) is 19.4 Å². The summed E-state index contributed by atoms with van der Waals surface area (Å²) in [7, 11) is 1.63. The molecule has 1 aromatic rings. The van der Waals surface area contributed by atoms with Gasteiger partial charge in [-0.2, -0.15) is 0 Å². The van der Waals surface area contributed by atoms with Gasteiger partial charge in [0.05, 0.1) is 0 Å². The molecule has 0 bridgehead atoms. The number of hydrogen-bond acceptors (Lipinski definition) is 4. The molecule has 0 aromatic heterocycles. The lowest BCUT2D eigenvalue weighted by Gasteiger charge is -2.26. The molecule has 1 heterocycles. The van der Waals surface area contributed by atoms with E-state index in [1.165, 1.54) is 22.3 Å². The molecule has 0 fully saturated rings. The van der Waals surface area contributed by atoms with Gasteiger partial charge in [-0.05, 0) is 5.56 Å². The summed E-state index contributed by atoms with van der Waals surface area (Å²) in [6, 6.07) is 9.38. The summed E-state index contributed by atoms with van der Waals surface area (Å²) >= 11 is 0. The molecule has 1 N–H and O–H groups in total. The first-order chi connectivity index (χ1) is 9.20. The van der Waals surface area contributed by atoms with Crippen molar-refractivity contribution in [3.05, 3.63) is 48.3 Å². The number of carbonyl (C=O) groups excluding carboxylic acids is 2. The van der Waals surface area contributed by atoms with E-state index in [9.17, 15) is 9.59 Å². The van der Waals surface area contributed by atoms with Gasteiger partial charge in [-0.15, -0.1) is 0 Å². The summed E-state index contributed by atoms with van der Waals surface area (Å²) in [5, 5.41) is 1.31. The molecule has 1 aromatic carbocycles. The molecule has 2 amide bonds. The summed E-state index contributed by atoms with van der Waals surface area (Å²) in [4.78, 5) is 24.6. The first kappa shape index (κ1) is 13.1. The molecule has 0 saturated heterocycles. The number of carbonyl (C=O) groups is 2. The Kier molecular flexibility index (Phi) is 4.15. The predicted octanol–water partition coefficient (Wildman–Crippen LogP) is 1.07. The Bertz CT molecular complexity index is 487. The number of ether oxygens (including phenoxy) is 1. The zero-order valence-electron chi connectivity index (χ0n) is 10.6. The fourth-order valence-electron chi connectivity index (χ4n) is 1.63. The highest BCUT2D eigenvalue weighted by atomic mass is 16.6. The van der Waals surface area contributed by atoms with Crippen LogP contribution in [0.5, 0.6) is 0 Å². The maximum atomic E-state index is 11.8. The van der Waals surface area contributed by atoms with Gasteiger partial charge in [-0.25, -0.2) is 10.2 Å². The van der Waals surface area contributed by atoms with Crippen LogP contribution in [0.4, 0.5) is 4.79 Å². The highest BCUT2D eigenvalue weighted by Gasteiger charge is 2.23. The van der Waals surface area contributed by atoms with Crippen LogP contribution in [0.1, 0.15) is 5.56 Å². The summed E-state index contributed by atoms with van der Waals surface area (Å²) in [6.45, 7) is 0.152. The number of nitrogens with one attached hydrogen (secondary N) is 1. The molecule has 0 atom stereocenters. The van der Waals surface area contributed by atoms with Crippen molar-refractivity contribution in [1.82, 2.24) is 15.3 Å². The molecule has 1 aliphatic heterocycles. The van der Waals surface area contributed by atoms with E-state index in [0.29, 0.717) is 0 Å². The third kappa shape index (κ3) is 3.32. The van der Waals surface area contributed by atoms with Crippen LogP contribution in [0.25, 0.3) is 0 Å². The fraction of sp³-hybridized carbons (Fsp3) is 0.231. The molecule has 0 saturated carbocycles. The van der Waals surface area contributed by atoms with Crippen LogP contribution in [0.3, 0.4) is 0 Å². The van der Waals surface area contributed by atoms with Crippen molar-refractivity contribution in [2.45, 2.75) is 6.61 Å². The molecule has 2 rings (SSSR count). The van der Waals surface area contributed by atoms with Crippen molar-refractivity contribution in [3.8, 4) is 0 Å². The molecular weight excluding hydrogens is 246 g/mol. The van der Waals surface area contributed by atoms with Crippen molar-refractivity contribution in [3.63, 3.8) is 0 Å². The van der Waals surface area contributed by atoms with E-state index >= 15 is 0 Å². The van der Waals surface area contributed by atoms with E-state index < -0.39 is 6.09 Å². The standard InChI is InChI=1S/C13H15N3O3/c1-14-16-8-7-15(9-12(16)17)13(18)19-10-11-5-3-2-4-6-11/h2-8,14H,9-10H2,1H3. The van der Waals surface area contributed by atoms with Crippen molar-refractivity contribution in [2.75, 3.05) is 13.6 Å². The van der Waals surface area contributed by atoms with Crippen LogP contribution < -0.4 is 5.43 Å². The summed E-state index contributed by atoms with van der Waals surface area (Å²) < 4.78 is 5.13. The smallest absolute Gasteiger partial charge is 0.414 e. The Morgan fingerprint density at radius 2 is 2.05 bits per heavy atom. The number of hydrogen-bond donors (Lipinski definition) is 1. The molecule has 6 nitrogen and oxygen atoms in total. The van der Waals surface area contributed by atoms with E-state index in [2.05, 4.69) is 5.43 Å². The molecule has 19 heavy (non-hydrogen) atoms. The topological polar surface area (TPSA) is 61.9 Å². The minimum atomic E-state index is -0.538. The van der Waals surface area contributed by atoms with Crippen LogP contribution >= 0.6 is 0 Å². The average molecular weight is 261 g/mol. The van der Waals surface area contributed by atoms with Crippen molar-refractivity contribution >= 4 is 12.0 Å². The lowest BCUT2D eigenvalue weighted by Crippen LogP contribution is -2.47. The van der Waals surface area contributed by atoms with E-state index in [1.54, 1.807) is 7.05 Å². The first-order valence-electron chi connectivity index (χ1n) is 5.86. The summed E-state index contributed by atoms with van der Waals surface area (Å²) in [5.41, 5.74) is 3.59. The fourth-order valence-corrected chi connectivity index (χ4v) is 1.63. The van der Waals surface area contributed by atoms with E-state index in [1.807, 2.05) is 30.3 Å². The minimum Gasteiger partial charge on any atom is -0.444 e. The third-order valence-corrected chi connectivity index (χ3v) is 2.65. The Morgan fingerprint density at radius 3 is 2.68 bits per heavy atom. The minimum absolute atomic E-state index is 0.0367. The molecule has 6 heteroatoms. The van der Waals surface area contributed by atoms with Gasteiger partial charge in [-0.1, -0.05) is 30.3 Å². The van der Waals surface area contributed by atoms with E-state index in [-0.39, 0.29) is 19.1 Å². The lowest BCUT2D eigenvalue weighted by atomic mass is 10.2. The molecule has 100 valence electrons. The van der Waals surface area contributed by atoms with E-state index in [4.69, 9.17) is 4.74 Å². The number of benzene rings is 1. The first-order valence-corrected chi connectivity index (χ1v) is 5.86. The van der Waals surface area contributed by atoms with Gasteiger partial charge in [0.25, 0.3) is 5.91 Å². The largest absolute Gasteiger partial charge is 0.444 e. The zero-order chi connectivity index (χ0) is 13.7. The Balaban J connectivity index is 1.89. The van der Waals surface area contributed by atoms with Gasteiger partial charge in [0.1, 0.15) is 13.2 Å². The van der Waals surface area contributed by atoms with Crippen LogP contribution in [-0.4, -0.2) is 35.5 Å². The van der Waals surface area contributed by atoms with Crippen LogP contribution in [-0.2, 0) is 16.1 Å². The molecule has 1 aliphatic rings. The monoisotopic (exact) mass is 261 g/mol.